The van der Waals surface area contributed by atoms with Gasteiger partial charge in [0, 0.05) is 18.3 Å². The van der Waals surface area contributed by atoms with Crippen LogP contribution in [0.5, 0.6) is 0 Å². The van der Waals surface area contributed by atoms with Gasteiger partial charge in [-0.3, -0.25) is 5.32 Å². The first kappa shape index (κ1) is 14.4. The first-order chi connectivity index (χ1) is 9.39. The van der Waals surface area contributed by atoms with E-state index < -0.39 is 11.7 Å². The number of amides is 1. The summed E-state index contributed by atoms with van der Waals surface area (Å²) in [5, 5.41) is 7.02. The van der Waals surface area contributed by atoms with Gasteiger partial charge in [0.25, 0.3) is 0 Å². The molecule has 0 radical (unpaired) electrons. The molecule has 1 aliphatic carbocycles. The molecule has 2 N–H and O–H groups in total. The number of anilines is 1. The number of benzene rings is 1. The van der Waals surface area contributed by atoms with Crippen LogP contribution in [0, 0.1) is 0 Å². The first-order valence-corrected chi connectivity index (χ1v) is 6.75. The van der Waals surface area contributed by atoms with Gasteiger partial charge in [-0.25, -0.2) is 4.79 Å². The Labute approximate surface area is 119 Å². The SMILES string of the molecule is CN/N=C1\CCc2cc(NC(=O)OC(C)(C)C)ccc21. The zero-order valence-corrected chi connectivity index (χ0v) is 12.4. The minimum atomic E-state index is -0.493. The number of hydrogen-bond donors (Lipinski definition) is 2. The van der Waals surface area contributed by atoms with Crippen LogP contribution in [-0.4, -0.2) is 24.5 Å². The Morgan fingerprint density at radius 2 is 2.05 bits per heavy atom. The molecule has 1 aliphatic rings. The standard InChI is InChI=1S/C15H21N3O2/c1-15(2,3)20-14(19)17-11-6-7-12-10(9-11)5-8-13(12)18-16-4/h6-7,9,16H,5,8H2,1-4H3,(H,17,19)/b18-13+. The highest BCUT2D eigenvalue weighted by molar-refractivity contribution is 6.05. The molecule has 0 aromatic heterocycles. The summed E-state index contributed by atoms with van der Waals surface area (Å²) >= 11 is 0. The second kappa shape index (κ2) is 5.53. The van der Waals surface area contributed by atoms with Crippen LogP contribution < -0.4 is 10.7 Å². The highest BCUT2D eigenvalue weighted by atomic mass is 16.6. The largest absolute Gasteiger partial charge is 0.444 e. The fourth-order valence-corrected chi connectivity index (χ4v) is 2.22. The molecule has 0 atom stereocenters. The average Bonchev–Trinajstić information content (AvgIpc) is 2.70. The van der Waals surface area contributed by atoms with Crippen LogP contribution in [0.2, 0.25) is 0 Å². The Balaban J connectivity index is 2.10. The van der Waals surface area contributed by atoms with Gasteiger partial charge in [0.05, 0.1) is 5.71 Å². The number of aryl methyl sites for hydroxylation is 1. The van der Waals surface area contributed by atoms with Crippen molar-refractivity contribution in [1.29, 1.82) is 0 Å². The third-order valence-corrected chi connectivity index (χ3v) is 2.94. The van der Waals surface area contributed by atoms with Gasteiger partial charge in [-0.05, 0) is 51.3 Å². The van der Waals surface area contributed by atoms with Crippen molar-refractivity contribution in [3.63, 3.8) is 0 Å². The Hall–Kier alpha value is -2.04. The molecule has 0 aliphatic heterocycles. The molecule has 20 heavy (non-hydrogen) atoms. The quantitative estimate of drug-likeness (QED) is 0.816. The molecule has 5 heteroatoms. The first-order valence-electron chi connectivity index (χ1n) is 6.75. The topological polar surface area (TPSA) is 62.7 Å². The molecule has 108 valence electrons. The minimum absolute atomic E-state index is 0.431. The number of hydrazone groups is 1. The van der Waals surface area contributed by atoms with E-state index in [9.17, 15) is 4.79 Å². The fraction of sp³-hybridized carbons (Fsp3) is 0.467. The van der Waals surface area contributed by atoms with Crippen LogP contribution in [0.3, 0.4) is 0 Å². The molecule has 1 aromatic carbocycles. The van der Waals surface area contributed by atoms with E-state index in [4.69, 9.17) is 4.74 Å². The minimum Gasteiger partial charge on any atom is -0.444 e. The number of nitrogens with one attached hydrogen (secondary N) is 2. The molecule has 0 heterocycles. The lowest BCUT2D eigenvalue weighted by molar-refractivity contribution is 0.0636. The van der Waals surface area contributed by atoms with E-state index in [0.29, 0.717) is 0 Å². The van der Waals surface area contributed by atoms with Crippen LogP contribution in [0.4, 0.5) is 10.5 Å². The fourth-order valence-electron chi connectivity index (χ4n) is 2.22. The number of carbonyl (C=O) groups is 1. The average molecular weight is 275 g/mol. The highest BCUT2D eigenvalue weighted by Crippen LogP contribution is 2.25. The summed E-state index contributed by atoms with van der Waals surface area (Å²) in [6.45, 7) is 5.53. The summed E-state index contributed by atoms with van der Waals surface area (Å²) < 4.78 is 5.24. The van der Waals surface area contributed by atoms with Gasteiger partial charge in [-0.15, -0.1) is 0 Å². The number of carbonyl (C=O) groups excluding carboxylic acids is 1. The summed E-state index contributed by atoms with van der Waals surface area (Å²) in [5.74, 6) is 0. The summed E-state index contributed by atoms with van der Waals surface area (Å²) in [5.41, 5.74) is 6.49. The van der Waals surface area contributed by atoms with Crippen molar-refractivity contribution in [2.75, 3.05) is 12.4 Å². The molecular formula is C15H21N3O2. The molecule has 0 unspecified atom stereocenters. The number of fused-ring (bicyclic) bond motifs is 1. The van der Waals surface area contributed by atoms with Crippen molar-refractivity contribution in [2.24, 2.45) is 5.10 Å². The van der Waals surface area contributed by atoms with Gasteiger partial charge in [-0.2, -0.15) is 5.10 Å². The smallest absolute Gasteiger partial charge is 0.412 e. The molecule has 1 aromatic rings. The molecule has 2 rings (SSSR count). The van der Waals surface area contributed by atoms with E-state index in [0.717, 1.165) is 29.8 Å². The lowest BCUT2D eigenvalue weighted by Crippen LogP contribution is -2.27. The monoisotopic (exact) mass is 275 g/mol. The number of nitrogens with zero attached hydrogens (tertiary/aromatic N) is 1. The van der Waals surface area contributed by atoms with Crippen molar-refractivity contribution in [3.05, 3.63) is 29.3 Å². The molecule has 0 fully saturated rings. The lowest BCUT2D eigenvalue weighted by atomic mass is 10.1. The molecule has 0 spiro atoms. The van der Waals surface area contributed by atoms with Crippen molar-refractivity contribution in [1.82, 2.24) is 5.43 Å². The zero-order chi connectivity index (χ0) is 14.8. The van der Waals surface area contributed by atoms with Crippen LogP contribution in [-0.2, 0) is 11.2 Å². The molecule has 0 bridgehead atoms. The molecule has 5 nitrogen and oxygen atoms in total. The van der Waals surface area contributed by atoms with Gasteiger partial charge < -0.3 is 10.2 Å². The van der Waals surface area contributed by atoms with Crippen molar-refractivity contribution in [2.45, 2.75) is 39.2 Å². The third-order valence-electron chi connectivity index (χ3n) is 2.94. The summed E-state index contributed by atoms with van der Waals surface area (Å²) in [6.07, 6.45) is 1.44. The molecule has 0 saturated carbocycles. The van der Waals surface area contributed by atoms with Crippen molar-refractivity contribution >= 4 is 17.5 Å². The highest BCUT2D eigenvalue weighted by Gasteiger charge is 2.20. The predicted molar refractivity (Wildman–Crippen MR) is 80.2 cm³/mol. The van der Waals surface area contributed by atoms with E-state index in [-0.39, 0.29) is 0 Å². The van der Waals surface area contributed by atoms with E-state index in [2.05, 4.69) is 15.8 Å². The Kier molecular flexibility index (Phi) is 3.97. The van der Waals surface area contributed by atoms with E-state index in [1.165, 1.54) is 5.56 Å². The maximum absolute atomic E-state index is 11.7. The Morgan fingerprint density at radius 1 is 1.30 bits per heavy atom. The third kappa shape index (κ3) is 3.50. The van der Waals surface area contributed by atoms with E-state index in [1.54, 1.807) is 7.05 Å². The molecule has 0 saturated heterocycles. The van der Waals surface area contributed by atoms with Gasteiger partial charge in [0.2, 0.25) is 0 Å². The van der Waals surface area contributed by atoms with Gasteiger partial charge in [-0.1, -0.05) is 6.07 Å². The van der Waals surface area contributed by atoms with Crippen LogP contribution in [0.1, 0.15) is 38.3 Å². The summed E-state index contributed by atoms with van der Waals surface area (Å²) in [7, 11) is 1.80. The van der Waals surface area contributed by atoms with Crippen molar-refractivity contribution < 1.29 is 9.53 Å². The van der Waals surface area contributed by atoms with Crippen LogP contribution >= 0.6 is 0 Å². The molecular weight excluding hydrogens is 254 g/mol. The number of hydrogen-bond acceptors (Lipinski definition) is 4. The maximum atomic E-state index is 11.7. The second-order valence-corrected chi connectivity index (χ2v) is 5.78. The Morgan fingerprint density at radius 3 is 2.70 bits per heavy atom. The zero-order valence-electron chi connectivity index (χ0n) is 12.4. The second-order valence-electron chi connectivity index (χ2n) is 5.78. The normalized spacial score (nSPS) is 15.9. The number of ether oxygens (including phenoxy) is 1. The summed E-state index contributed by atoms with van der Waals surface area (Å²) in [4.78, 5) is 11.7. The lowest BCUT2D eigenvalue weighted by Gasteiger charge is -2.19. The van der Waals surface area contributed by atoms with Crippen molar-refractivity contribution in [3.8, 4) is 0 Å². The van der Waals surface area contributed by atoms with Crippen LogP contribution in [0.25, 0.3) is 0 Å². The van der Waals surface area contributed by atoms with E-state index in [1.807, 2.05) is 39.0 Å². The predicted octanol–water partition coefficient (Wildman–Crippen LogP) is 2.90. The van der Waals surface area contributed by atoms with Gasteiger partial charge in [0.15, 0.2) is 0 Å². The van der Waals surface area contributed by atoms with E-state index >= 15 is 0 Å². The van der Waals surface area contributed by atoms with Gasteiger partial charge >= 0.3 is 6.09 Å². The number of rotatable bonds is 2. The molecule has 1 amide bonds. The van der Waals surface area contributed by atoms with Gasteiger partial charge in [0.1, 0.15) is 5.60 Å². The maximum Gasteiger partial charge on any atom is 0.412 e. The Bertz CT molecular complexity index is 545. The summed E-state index contributed by atoms with van der Waals surface area (Å²) in [6, 6.07) is 5.85. The van der Waals surface area contributed by atoms with Crippen LogP contribution in [0.15, 0.2) is 23.3 Å².